The number of aldehydes is 1. The molecule has 1 aromatic rings. The van der Waals surface area contributed by atoms with Crippen LogP contribution in [-0.2, 0) is 19.8 Å². The summed E-state index contributed by atoms with van der Waals surface area (Å²) in [5, 5.41) is 1.03. The number of nitrogens with one attached hydrogen (secondary N) is 1. The smallest absolute Gasteiger partial charge is 0.430 e. The topological polar surface area (TPSA) is 84.9 Å². The third-order valence-corrected chi connectivity index (χ3v) is 3.37. The molecular weight excluding hydrogens is 324 g/mol. The van der Waals surface area contributed by atoms with Gasteiger partial charge in [0.05, 0.1) is 13.2 Å². The molecule has 2 amide bonds. The van der Waals surface area contributed by atoms with E-state index in [0.29, 0.717) is 11.8 Å². The quantitative estimate of drug-likeness (QED) is 0.657. The molecule has 0 spiro atoms. The first kappa shape index (κ1) is 18.8. The molecule has 0 radical (unpaired) electrons. The van der Waals surface area contributed by atoms with Crippen molar-refractivity contribution >= 4 is 30.1 Å². The van der Waals surface area contributed by atoms with Crippen LogP contribution in [0.1, 0.15) is 26.3 Å². The van der Waals surface area contributed by atoms with Gasteiger partial charge in [0.15, 0.2) is 6.29 Å². The number of carbonyl (C=O) groups excluding carboxylic acids is 3. The Hall–Kier alpha value is -2.28. The van der Waals surface area contributed by atoms with Gasteiger partial charge in [-0.3, -0.25) is 0 Å². The lowest BCUT2D eigenvalue weighted by Gasteiger charge is -2.36. The molecule has 1 rings (SSSR count). The van der Waals surface area contributed by atoms with Crippen LogP contribution in [0.15, 0.2) is 24.3 Å². The third-order valence-electron chi connectivity index (χ3n) is 3.04. The Morgan fingerprint density at radius 3 is 2.39 bits per heavy atom. The number of hydrogen-bond acceptors (Lipinski definition) is 5. The van der Waals surface area contributed by atoms with Crippen molar-refractivity contribution in [3.05, 3.63) is 34.9 Å². The highest BCUT2D eigenvalue weighted by molar-refractivity contribution is 6.31. The molecule has 23 heavy (non-hydrogen) atoms. The molecule has 1 N–H and O–H groups in total. The summed E-state index contributed by atoms with van der Waals surface area (Å²) >= 11 is 6.13. The van der Waals surface area contributed by atoms with E-state index < -0.39 is 17.7 Å². The molecule has 0 aliphatic heterocycles. The molecule has 7 nitrogen and oxygen atoms in total. The van der Waals surface area contributed by atoms with E-state index in [1.807, 2.05) is 0 Å². The van der Waals surface area contributed by atoms with Gasteiger partial charge in [-0.25, -0.2) is 15.0 Å². The summed E-state index contributed by atoms with van der Waals surface area (Å²) in [7, 11) is 0. The molecule has 0 heterocycles. The number of benzene rings is 1. The summed E-state index contributed by atoms with van der Waals surface area (Å²) in [6.07, 6.45) is -1.30. The van der Waals surface area contributed by atoms with Crippen LogP contribution in [-0.4, -0.2) is 36.7 Å². The van der Waals surface area contributed by atoms with Crippen LogP contribution in [0.5, 0.6) is 0 Å². The lowest BCUT2D eigenvalue weighted by molar-refractivity contribution is -0.119. The van der Waals surface area contributed by atoms with E-state index in [-0.39, 0.29) is 18.2 Å². The van der Waals surface area contributed by atoms with Crippen molar-refractivity contribution in [1.82, 2.24) is 10.4 Å². The lowest BCUT2D eigenvalue weighted by atomic mass is 9.93. The maximum atomic E-state index is 12.2. The lowest BCUT2D eigenvalue weighted by Crippen LogP contribution is -2.58. The van der Waals surface area contributed by atoms with Gasteiger partial charge in [-0.15, -0.1) is 0 Å². The van der Waals surface area contributed by atoms with Crippen molar-refractivity contribution in [2.24, 2.45) is 0 Å². The van der Waals surface area contributed by atoms with Gasteiger partial charge in [0.1, 0.15) is 5.54 Å². The SMILES string of the molecule is CCOC(=O)NN(C(=O)OCC)C(C)(C=O)c1ccccc1Cl. The molecule has 0 aliphatic rings. The highest BCUT2D eigenvalue weighted by Crippen LogP contribution is 2.31. The van der Waals surface area contributed by atoms with E-state index >= 15 is 0 Å². The summed E-state index contributed by atoms with van der Waals surface area (Å²) in [6.45, 7) is 4.82. The van der Waals surface area contributed by atoms with Gasteiger partial charge in [-0.2, -0.15) is 5.01 Å². The average molecular weight is 343 g/mol. The van der Waals surface area contributed by atoms with Gasteiger partial charge in [0.25, 0.3) is 0 Å². The Labute approximate surface area is 139 Å². The number of nitrogens with zero attached hydrogens (tertiary/aromatic N) is 1. The first-order chi connectivity index (χ1) is 10.9. The fourth-order valence-electron chi connectivity index (χ4n) is 1.90. The Bertz CT molecular complexity index is 581. The van der Waals surface area contributed by atoms with Crippen LogP contribution in [0.2, 0.25) is 5.02 Å². The van der Waals surface area contributed by atoms with Crippen LogP contribution in [0, 0.1) is 0 Å². The zero-order chi connectivity index (χ0) is 17.5. The van der Waals surface area contributed by atoms with Crippen LogP contribution in [0.4, 0.5) is 9.59 Å². The van der Waals surface area contributed by atoms with Gasteiger partial charge in [-0.1, -0.05) is 29.8 Å². The van der Waals surface area contributed by atoms with Crippen molar-refractivity contribution in [3.63, 3.8) is 0 Å². The fourth-order valence-corrected chi connectivity index (χ4v) is 2.23. The Kier molecular flexibility index (Phi) is 6.84. The van der Waals surface area contributed by atoms with E-state index in [9.17, 15) is 14.4 Å². The number of hydrogen-bond donors (Lipinski definition) is 1. The predicted molar refractivity (Wildman–Crippen MR) is 83.9 cm³/mol. The van der Waals surface area contributed by atoms with Gasteiger partial charge in [0, 0.05) is 10.6 Å². The van der Waals surface area contributed by atoms with Crippen molar-refractivity contribution in [3.8, 4) is 0 Å². The molecule has 0 saturated carbocycles. The highest BCUT2D eigenvalue weighted by Gasteiger charge is 2.41. The van der Waals surface area contributed by atoms with Gasteiger partial charge in [0.2, 0.25) is 0 Å². The second-order valence-corrected chi connectivity index (χ2v) is 5.02. The summed E-state index contributed by atoms with van der Waals surface area (Å²) in [5.41, 5.74) is 0.990. The van der Waals surface area contributed by atoms with Gasteiger partial charge in [-0.05, 0) is 26.8 Å². The molecule has 8 heteroatoms. The van der Waals surface area contributed by atoms with E-state index in [2.05, 4.69) is 5.43 Å². The molecule has 0 aromatic heterocycles. The van der Waals surface area contributed by atoms with Crippen molar-refractivity contribution in [2.45, 2.75) is 26.3 Å². The molecule has 0 saturated heterocycles. The number of rotatable bonds is 5. The molecule has 0 bridgehead atoms. The highest BCUT2D eigenvalue weighted by atomic mass is 35.5. The van der Waals surface area contributed by atoms with E-state index in [1.165, 1.54) is 6.92 Å². The third kappa shape index (κ3) is 4.35. The van der Waals surface area contributed by atoms with E-state index in [4.69, 9.17) is 21.1 Å². The summed E-state index contributed by atoms with van der Waals surface area (Å²) in [5.74, 6) is 0. The second kappa shape index (κ2) is 8.38. The van der Waals surface area contributed by atoms with Crippen LogP contribution >= 0.6 is 11.6 Å². The largest absolute Gasteiger partial charge is 0.449 e. The summed E-state index contributed by atoms with van der Waals surface area (Å²) in [4.78, 5) is 35.7. The molecule has 0 aliphatic carbocycles. The minimum Gasteiger partial charge on any atom is -0.449 e. The summed E-state index contributed by atoms with van der Waals surface area (Å²) < 4.78 is 9.67. The minimum atomic E-state index is -1.57. The summed E-state index contributed by atoms with van der Waals surface area (Å²) in [6, 6.07) is 6.50. The molecule has 1 aromatic carbocycles. The van der Waals surface area contributed by atoms with Crippen molar-refractivity contribution in [1.29, 1.82) is 0 Å². The van der Waals surface area contributed by atoms with E-state index in [1.54, 1.807) is 38.1 Å². The maximum absolute atomic E-state index is 12.2. The Morgan fingerprint density at radius 2 is 1.87 bits per heavy atom. The maximum Gasteiger partial charge on any atom is 0.430 e. The zero-order valence-corrected chi connectivity index (χ0v) is 13.9. The standard InChI is InChI=1S/C15H19ClN2O5/c1-4-22-13(20)17-18(14(21)23-5-2)15(3,10-19)11-8-6-7-9-12(11)16/h6-10H,4-5H2,1-3H3,(H,17,20). The van der Waals surface area contributed by atoms with Gasteiger partial charge >= 0.3 is 12.2 Å². The van der Waals surface area contributed by atoms with E-state index in [0.717, 1.165) is 5.01 Å². The molecule has 0 fully saturated rings. The minimum absolute atomic E-state index is 0.0668. The molecule has 1 unspecified atom stereocenters. The van der Waals surface area contributed by atoms with Crippen LogP contribution in [0.25, 0.3) is 0 Å². The number of hydrazine groups is 1. The monoisotopic (exact) mass is 342 g/mol. The van der Waals surface area contributed by atoms with Crippen molar-refractivity contribution < 1.29 is 23.9 Å². The van der Waals surface area contributed by atoms with Crippen LogP contribution < -0.4 is 5.43 Å². The molecule has 1 atom stereocenters. The number of halogens is 1. The van der Waals surface area contributed by atoms with Gasteiger partial charge < -0.3 is 14.3 Å². The predicted octanol–water partition coefficient (Wildman–Crippen LogP) is 2.87. The Morgan fingerprint density at radius 1 is 1.26 bits per heavy atom. The number of ether oxygens (including phenoxy) is 2. The first-order valence-electron chi connectivity index (χ1n) is 7.02. The second-order valence-electron chi connectivity index (χ2n) is 4.61. The number of carbonyl (C=O) groups is 3. The normalized spacial score (nSPS) is 12.7. The Balaban J connectivity index is 3.29. The fraction of sp³-hybridized carbons (Fsp3) is 0.400. The average Bonchev–Trinajstić information content (AvgIpc) is 2.53. The molecular formula is C15H19ClN2O5. The zero-order valence-electron chi connectivity index (χ0n) is 13.2. The first-order valence-corrected chi connectivity index (χ1v) is 7.40. The van der Waals surface area contributed by atoms with Crippen molar-refractivity contribution in [2.75, 3.05) is 13.2 Å². The van der Waals surface area contributed by atoms with Crippen LogP contribution in [0.3, 0.4) is 0 Å². The number of amides is 2. The molecule has 126 valence electrons.